The minimum absolute atomic E-state index is 0.192. The van der Waals surface area contributed by atoms with E-state index in [9.17, 15) is 38.4 Å². The molecule has 0 unspecified atom stereocenters. The van der Waals surface area contributed by atoms with Crippen molar-refractivity contribution in [2.75, 3.05) is 63.5 Å². The summed E-state index contributed by atoms with van der Waals surface area (Å²) in [6, 6.07) is 4.25. The number of ether oxygens (including phenoxy) is 8. The van der Waals surface area contributed by atoms with E-state index in [1.165, 1.54) is 18.2 Å². The van der Waals surface area contributed by atoms with Gasteiger partial charge in [-0.3, -0.25) is 10.6 Å². The Bertz CT molecular complexity index is 1540. The largest absolute Gasteiger partial charge is 0.462 e. The van der Waals surface area contributed by atoms with E-state index in [1.54, 1.807) is 6.92 Å². The molecule has 55 heavy (non-hydrogen) atoms. The van der Waals surface area contributed by atoms with Gasteiger partial charge >= 0.3 is 48.0 Å². The number of aryl methyl sites for hydroxylation is 1. The molecular weight excluding hydrogens is 728 g/mol. The lowest BCUT2D eigenvalue weighted by Crippen LogP contribution is -2.44. The van der Waals surface area contributed by atoms with Crippen molar-refractivity contribution in [3.05, 3.63) is 99.7 Å². The maximum absolute atomic E-state index is 12.9. The number of nitrogens with one attached hydrogen (secondary N) is 2. The predicted molar refractivity (Wildman–Crippen MR) is 193 cm³/mol. The summed E-state index contributed by atoms with van der Waals surface area (Å²) in [5.74, 6) is -5.15. The van der Waals surface area contributed by atoms with Gasteiger partial charge in [0, 0.05) is 47.8 Å². The molecule has 1 rings (SSSR count). The van der Waals surface area contributed by atoms with Crippen LogP contribution in [0.25, 0.3) is 0 Å². The lowest BCUT2D eigenvalue weighted by molar-refractivity contribution is -0.161. The summed E-state index contributed by atoms with van der Waals surface area (Å²) >= 11 is 0. The van der Waals surface area contributed by atoms with Crippen LogP contribution in [0.1, 0.15) is 5.56 Å². The van der Waals surface area contributed by atoms with Gasteiger partial charge in [0.25, 0.3) is 0 Å². The third kappa shape index (κ3) is 17.4. The van der Waals surface area contributed by atoms with Gasteiger partial charge in [0.1, 0.15) is 63.7 Å². The number of hydrogen-bond donors (Lipinski definition) is 2. The molecule has 0 saturated heterocycles. The lowest BCUT2D eigenvalue weighted by Gasteiger charge is -2.31. The summed E-state index contributed by atoms with van der Waals surface area (Å²) in [6.07, 6.45) is 3.18. The number of amides is 2. The second-order valence-electron chi connectivity index (χ2n) is 11.3. The Morgan fingerprint density at radius 3 is 1.02 bits per heavy atom. The smallest absolute Gasteiger partial charge is 0.411 e. The molecule has 18 heteroatoms. The highest BCUT2D eigenvalue weighted by Crippen LogP contribution is 2.25. The van der Waals surface area contributed by atoms with E-state index in [0.717, 1.165) is 36.5 Å². The zero-order chi connectivity index (χ0) is 41.4. The van der Waals surface area contributed by atoms with E-state index >= 15 is 0 Å². The molecule has 0 heterocycles. The minimum Gasteiger partial charge on any atom is -0.462 e. The molecule has 0 fully saturated rings. The van der Waals surface area contributed by atoms with Crippen molar-refractivity contribution in [3.63, 3.8) is 0 Å². The molecule has 1 aromatic rings. The Balaban J connectivity index is 3.12. The first-order valence-corrected chi connectivity index (χ1v) is 15.8. The van der Waals surface area contributed by atoms with E-state index in [-0.39, 0.29) is 11.4 Å². The third-order valence-corrected chi connectivity index (χ3v) is 6.85. The summed E-state index contributed by atoms with van der Waals surface area (Å²) in [5, 5.41) is 4.97. The molecule has 2 N–H and O–H groups in total. The van der Waals surface area contributed by atoms with Crippen LogP contribution in [-0.4, -0.2) is 101 Å². The number of hydrogen-bond acceptors (Lipinski definition) is 16. The number of carbonyl (C=O) groups is 8. The molecule has 0 aromatic heterocycles. The monoisotopic (exact) mass is 770 g/mol. The van der Waals surface area contributed by atoms with E-state index in [0.29, 0.717) is 5.56 Å². The van der Waals surface area contributed by atoms with Gasteiger partial charge in [-0.25, -0.2) is 38.4 Å². The van der Waals surface area contributed by atoms with Crippen LogP contribution in [0.15, 0.2) is 94.1 Å². The Hall–Kier alpha value is -6.98. The van der Waals surface area contributed by atoms with Crippen LogP contribution in [0, 0.1) is 17.8 Å². The summed E-state index contributed by atoms with van der Waals surface area (Å²) in [6.45, 7) is 17.0. The van der Waals surface area contributed by atoms with Crippen LogP contribution >= 0.6 is 0 Å². The number of anilines is 2. The van der Waals surface area contributed by atoms with Gasteiger partial charge in [0.2, 0.25) is 0 Å². The minimum atomic E-state index is -1.57. The SMILES string of the molecule is C=CC(=O)OCC(COC(=O)C=C)(COC(=O)C=C)COC(=O)Nc1ccc(NC(=O)OCC(COC(=O)C=C)(COC(=O)C=C)COC(=O)C=C)c(C)c1. The fraction of sp³-hybridized carbons (Fsp3) is 0.297. The zero-order valence-electron chi connectivity index (χ0n) is 30.1. The molecule has 0 spiro atoms. The molecule has 0 aliphatic heterocycles. The summed E-state index contributed by atoms with van der Waals surface area (Å²) in [5.41, 5.74) is -2.30. The van der Waals surface area contributed by atoms with Crippen molar-refractivity contribution in [3.8, 4) is 0 Å². The van der Waals surface area contributed by atoms with E-state index in [1.807, 2.05) is 0 Å². The maximum atomic E-state index is 12.9. The molecule has 1 aromatic carbocycles. The van der Waals surface area contributed by atoms with Crippen LogP contribution in [0.3, 0.4) is 0 Å². The standard InChI is InChI=1S/C37H42N2O16/c1-8-28(40)48-17-36(18-49-29(41)9-2,19-50-30(42)10-3)23-54-34(46)38-26-14-15-27(25(7)16-26)39-35(47)55-24-37(20-51-31(43)11-4,21-52-32(44)12-5)22-53-33(45)13-6/h8-16H,1-6,17-24H2,7H3,(H,38,46)(H,39,47). The molecule has 0 saturated carbocycles. The quantitative estimate of drug-likeness (QED) is 0.0870. The first-order valence-electron chi connectivity index (χ1n) is 15.8. The normalized spacial score (nSPS) is 10.4. The van der Waals surface area contributed by atoms with E-state index < -0.39 is 112 Å². The van der Waals surface area contributed by atoms with Crippen molar-refractivity contribution < 1.29 is 76.3 Å². The van der Waals surface area contributed by atoms with Crippen molar-refractivity contribution >= 4 is 59.4 Å². The summed E-state index contributed by atoms with van der Waals surface area (Å²) < 4.78 is 41.3. The third-order valence-electron chi connectivity index (χ3n) is 6.85. The average molecular weight is 771 g/mol. The number of carbonyl (C=O) groups excluding carboxylic acids is 8. The van der Waals surface area contributed by atoms with Crippen LogP contribution in [0.5, 0.6) is 0 Å². The van der Waals surface area contributed by atoms with Gasteiger partial charge in [-0.05, 0) is 30.7 Å². The van der Waals surface area contributed by atoms with Gasteiger partial charge in [-0.2, -0.15) is 0 Å². The second-order valence-corrected chi connectivity index (χ2v) is 11.3. The number of benzene rings is 1. The highest BCUT2D eigenvalue weighted by molar-refractivity contribution is 5.89. The van der Waals surface area contributed by atoms with Crippen molar-refractivity contribution in [1.29, 1.82) is 0 Å². The van der Waals surface area contributed by atoms with Gasteiger partial charge in [-0.1, -0.05) is 39.5 Å². The number of esters is 6. The van der Waals surface area contributed by atoms with Gasteiger partial charge < -0.3 is 37.9 Å². The first kappa shape index (κ1) is 46.0. The lowest BCUT2D eigenvalue weighted by atomic mass is 9.92. The number of rotatable bonds is 24. The molecule has 296 valence electrons. The Labute approximate surface area is 316 Å². The van der Waals surface area contributed by atoms with Gasteiger partial charge in [0.05, 0.1) is 0 Å². The van der Waals surface area contributed by atoms with Crippen molar-refractivity contribution in [2.24, 2.45) is 10.8 Å². The maximum Gasteiger partial charge on any atom is 0.411 e. The molecule has 0 bridgehead atoms. The molecule has 0 radical (unpaired) electrons. The average Bonchev–Trinajstić information content (AvgIpc) is 3.19. The molecular formula is C37H42N2O16. The highest BCUT2D eigenvalue weighted by atomic mass is 16.6. The fourth-order valence-electron chi connectivity index (χ4n) is 3.82. The van der Waals surface area contributed by atoms with Crippen LogP contribution in [-0.2, 0) is 66.7 Å². The van der Waals surface area contributed by atoms with Crippen LogP contribution < -0.4 is 10.6 Å². The van der Waals surface area contributed by atoms with E-state index in [2.05, 4.69) is 50.1 Å². The van der Waals surface area contributed by atoms with Crippen molar-refractivity contribution in [2.45, 2.75) is 6.92 Å². The molecule has 0 aliphatic carbocycles. The van der Waals surface area contributed by atoms with Gasteiger partial charge in [-0.15, -0.1) is 0 Å². The first-order chi connectivity index (χ1) is 26.1. The predicted octanol–water partition coefficient (Wildman–Crippen LogP) is 3.44. The molecule has 2 amide bonds. The molecule has 18 nitrogen and oxygen atoms in total. The van der Waals surface area contributed by atoms with Crippen LogP contribution in [0.2, 0.25) is 0 Å². The Morgan fingerprint density at radius 2 is 0.745 bits per heavy atom. The van der Waals surface area contributed by atoms with E-state index in [4.69, 9.17) is 37.9 Å². The van der Waals surface area contributed by atoms with Gasteiger partial charge in [0.15, 0.2) is 0 Å². The Morgan fingerprint density at radius 1 is 0.473 bits per heavy atom. The zero-order valence-corrected chi connectivity index (χ0v) is 30.1. The molecule has 0 aliphatic rings. The second kappa shape index (κ2) is 23.6. The summed E-state index contributed by atoms with van der Waals surface area (Å²) in [4.78, 5) is 96.6. The topological polar surface area (TPSA) is 234 Å². The molecule has 0 atom stereocenters. The summed E-state index contributed by atoms with van der Waals surface area (Å²) in [7, 11) is 0. The van der Waals surface area contributed by atoms with Crippen molar-refractivity contribution in [1.82, 2.24) is 0 Å². The fourth-order valence-corrected chi connectivity index (χ4v) is 3.82. The highest BCUT2D eigenvalue weighted by Gasteiger charge is 2.39. The Kier molecular flexibility index (Phi) is 19.7. The van der Waals surface area contributed by atoms with Crippen LogP contribution in [0.4, 0.5) is 21.0 Å².